The highest BCUT2D eigenvalue weighted by Gasteiger charge is 2.35. The van der Waals surface area contributed by atoms with Crippen LogP contribution >= 0.6 is 0 Å². The predicted molar refractivity (Wildman–Crippen MR) is 77.7 cm³/mol. The molecule has 1 aromatic heterocycles. The van der Waals surface area contributed by atoms with Crippen LogP contribution in [0.3, 0.4) is 0 Å². The van der Waals surface area contributed by atoms with Gasteiger partial charge in [0.25, 0.3) is 0 Å². The van der Waals surface area contributed by atoms with Gasteiger partial charge < -0.3 is 14.6 Å². The van der Waals surface area contributed by atoms with Gasteiger partial charge in [0.05, 0.1) is 13.2 Å². The van der Waals surface area contributed by atoms with E-state index in [-0.39, 0.29) is 5.54 Å². The maximum Gasteiger partial charge on any atom is 0.119 e. The Kier molecular flexibility index (Phi) is 2.77. The van der Waals surface area contributed by atoms with Crippen LogP contribution in [0.2, 0.25) is 0 Å². The molecule has 0 saturated carbocycles. The Hall–Kier alpha value is -1.90. The smallest absolute Gasteiger partial charge is 0.119 e. The van der Waals surface area contributed by atoms with E-state index in [1.165, 1.54) is 5.69 Å². The van der Waals surface area contributed by atoms with Crippen LogP contribution in [-0.4, -0.2) is 11.7 Å². The van der Waals surface area contributed by atoms with Crippen molar-refractivity contribution in [1.29, 1.82) is 0 Å². The zero-order valence-corrected chi connectivity index (χ0v) is 11.7. The van der Waals surface area contributed by atoms with E-state index < -0.39 is 0 Å². The molecule has 0 aliphatic carbocycles. The fourth-order valence-electron chi connectivity index (χ4n) is 2.95. The van der Waals surface area contributed by atoms with Crippen molar-refractivity contribution >= 4 is 5.69 Å². The summed E-state index contributed by atoms with van der Waals surface area (Å²) in [5.41, 5.74) is 2.68. The molecule has 1 unspecified atom stereocenters. The molecule has 19 heavy (non-hydrogen) atoms. The summed E-state index contributed by atoms with van der Waals surface area (Å²) in [6, 6.07) is 12.8. The van der Waals surface area contributed by atoms with E-state index in [9.17, 15) is 0 Å². The van der Waals surface area contributed by atoms with Crippen molar-refractivity contribution < 1.29 is 4.74 Å². The predicted octanol–water partition coefficient (Wildman–Crippen LogP) is 3.79. The maximum absolute atomic E-state index is 5.18. The van der Waals surface area contributed by atoms with Crippen LogP contribution in [0.4, 0.5) is 5.69 Å². The lowest BCUT2D eigenvalue weighted by Crippen LogP contribution is -2.20. The first kappa shape index (κ1) is 12.2. The highest BCUT2D eigenvalue weighted by atomic mass is 16.5. The number of hydrogen-bond acceptors (Lipinski definition) is 2. The first-order chi connectivity index (χ1) is 9.10. The first-order valence-corrected chi connectivity index (χ1v) is 6.68. The van der Waals surface area contributed by atoms with E-state index in [1.54, 1.807) is 7.11 Å². The largest absolute Gasteiger partial charge is 0.497 e. The summed E-state index contributed by atoms with van der Waals surface area (Å²) in [6.45, 7) is 4.57. The SMILES string of the molecule is COc1ccc(NC2CC(C)(C)n3cccc32)cc1. The summed E-state index contributed by atoms with van der Waals surface area (Å²) in [4.78, 5) is 0. The maximum atomic E-state index is 5.18. The quantitative estimate of drug-likeness (QED) is 0.904. The van der Waals surface area contributed by atoms with Crippen LogP contribution in [0, 0.1) is 0 Å². The molecule has 1 atom stereocenters. The third-order valence-electron chi connectivity index (χ3n) is 3.92. The second-order valence-electron chi connectivity index (χ2n) is 5.75. The van der Waals surface area contributed by atoms with Gasteiger partial charge >= 0.3 is 0 Å². The number of aromatic nitrogens is 1. The van der Waals surface area contributed by atoms with E-state index in [1.807, 2.05) is 12.1 Å². The van der Waals surface area contributed by atoms with Gasteiger partial charge in [0.2, 0.25) is 0 Å². The lowest BCUT2D eigenvalue weighted by atomic mass is 9.99. The third-order valence-corrected chi connectivity index (χ3v) is 3.92. The van der Waals surface area contributed by atoms with Crippen LogP contribution in [0.15, 0.2) is 42.6 Å². The summed E-state index contributed by atoms with van der Waals surface area (Å²) < 4.78 is 7.55. The van der Waals surface area contributed by atoms with Crippen LogP contribution < -0.4 is 10.1 Å². The summed E-state index contributed by atoms with van der Waals surface area (Å²) in [5, 5.41) is 3.61. The van der Waals surface area contributed by atoms with Gasteiger partial charge in [-0.05, 0) is 56.7 Å². The monoisotopic (exact) mass is 256 g/mol. The zero-order chi connectivity index (χ0) is 13.5. The molecule has 3 rings (SSSR count). The number of hydrogen-bond donors (Lipinski definition) is 1. The van der Waals surface area contributed by atoms with E-state index in [2.05, 4.69) is 54.2 Å². The number of fused-ring (bicyclic) bond motifs is 1. The first-order valence-electron chi connectivity index (χ1n) is 6.68. The molecule has 0 spiro atoms. The van der Waals surface area contributed by atoms with Crippen molar-refractivity contribution in [3.8, 4) is 5.75 Å². The molecule has 1 aliphatic rings. The molecule has 0 saturated heterocycles. The van der Waals surface area contributed by atoms with Crippen molar-refractivity contribution in [3.63, 3.8) is 0 Å². The van der Waals surface area contributed by atoms with Crippen molar-refractivity contribution in [1.82, 2.24) is 4.57 Å². The second kappa shape index (κ2) is 4.34. The topological polar surface area (TPSA) is 26.2 Å². The molecular formula is C16H20N2O. The number of ether oxygens (including phenoxy) is 1. The fraction of sp³-hybridized carbons (Fsp3) is 0.375. The summed E-state index contributed by atoms with van der Waals surface area (Å²) in [7, 11) is 1.69. The molecule has 2 aromatic rings. The van der Waals surface area contributed by atoms with Crippen molar-refractivity contribution in [2.45, 2.75) is 31.8 Å². The molecule has 3 nitrogen and oxygen atoms in total. The molecule has 1 N–H and O–H groups in total. The number of methoxy groups -OCH3 is 1. The number of rotatable bonds is 3. The average Bonchev–Trinajstić information content (AvgIpc) is 2.95. The molecule has 100 valence electrons. The molecular weight excluding hydrogens is 236 g/mol. The highest BCUT2D eigenvalue weighted by molar-refractivity contribution is 5.48. The Bertz CT molecular complexity index is 569. The molecule has 0 radical (unpaired) electrons. The van der Waals surface area contributed by atoms with Crippen molar-refractivity contribution in [3.05, 3.63) is 48.3 Å². The molecule has 1 aromatic carbocycles. The van der Waals surface area contributed by atoms with Crippen LogP contribution in [0.5, 0.6) is 5.75 Å². The molecule has 2 heterocycles. The Labute approximate surface area is 114 Å². The van der Waals surface area contributed by atoms with Gasteiger partial charge in [-0.15, -0.1) is 0 Å². The Morgan fingerprint density at radius 2 is 1.95 bits per heavy atom. The summed E-state index contributed by atoms with van der Waals surface area (Å²) >= 11 is 0. The Balaban J connectivity index is 1.81. The molecule has 0 fully saturated rings. The second-order valence-corrected chi connectivity index (χ2v) is 5.75. The summed E-state index contributed by atoms with van der Waals surface area (Å²) in [5.74, 6) is 0.890. The van der Waals surface area contributed by atoms with Crippen LogP contribution in [-0.2, 0) is 5.54 Å². The van der Waals surface area contributed by atoms with Crippen LogP contribution in [0.1, 0.15) is 32.0 Å². The van der Waals surface area contributed by atoms with E-state index in [4.69, 9.17) is 4.74 Å². The molecule has 1 aliphatic heterocycles. The lowest BCUT2D eigenvalue weighted by Gasteiger charge is -2.21. The Morgan fingerprint density at radius 1 is 1.21 bits per heavy atom. The van der Waals surface area contributed by atoms with E-state index >= 15 is 0 Å². The number of benzene rings is 1. The van der Waals surface area contributed by atoms with Gasteiger partial charge in [-0.1, -0.05) is 0 Å². The lowest BCUT2D eigenvalue weighted by molar-refractivity contribution is 0.367. The van der Waals surface area contributed by atoms with Gasteiger partial charge in [0.1, 0.15) is 5.75 Å². The highest BCUT2D eigenvalue weighted by Crippen LogP contribution is 2.40. The third kappa shape index (κ3) is 2.09. The van der Waals surface area contributed by atoms with Crippen molar-refractivity contribution in [2.75, 3.05) is 12.4 Å². The van der Waals surface area contributed by atoms with Gasteiger partial charge in [-0.2, -0.15) is 0 Å². The number of nitrogens with one attached hydrogen (secondary N) is 1. The van der Waals surface area contributed by atoms with Crippen LogP contribution in [0.25, 0.3) is 0 Å². The average molecular weight is 256 g/mol. The van der Waals surface area contributed by atoms with E-state index in [0.717, 1.165) is 17.9 Å². The zero-order valence-electron chi connectivity index (χ0n) is 11.7. The Morgan fingerprint density at radius 3 is 2.63 bits per heavy atom. The van der Waals surface area contributed by atoms with Gasteiger partial charge in [-0.25, -0.2) is 0 Å². The minimum Gasteiger partial charge on any atom is -0.497 e. The standard InChI is InChI=1S/C16H20N2O/c1-16(2)11-14(15-5-4-10-18(15)16)17-12-6-8-13(19-3)9-7-12/h4-10,14,17H,11H2,1-3H3. The van der Waals surface area contributed by atoms with Gasteiger partial charge in [-0.3, -0.25) is 0 Å². The van der Waals surface area contributed by atoms with Gasteiger partial charge in [0.15, 0.2) is 0 Å². The van der Waals surface area contributed by atoms with E-state index in [0.29, 0.717) is 6.04 Å². The normalized spacial score (nSPS) is 20.1. The van der Waals surface area contributed by atoms with Gasteiger partial charge in [0, 0.05) is 23.1 Å². The minimum absolute atomic E-state index is 0.184. The minimum atomic E-state index is 0.184. The summed E-state index contributed by atoms with van der Waals surface area (Å²) in [6.07, 6.45) is 3.28. The fourth-order valence-corrected chi connectivity index (χ4v) is 2.95. The molecule has 0 amide bonds. The van der Waals surface area contributed by atoms with Crippen molar-refractivity contribution in [2.24, 2.45) is 0 Å². The molecule has 3 heteroatoms. The molecule has 0 bridgehead atoms. The number of nitrogens with zero attached hydrogens (tertiary/aromatic N) is 1. The number of anilines is 1.